The van der Waals surface area contributed by atoms with Gasteiger partial charge < -0.3 is 4.57 Å². The van der Waals surface area contributed by atoms with Crippen molar-refractivity contribution < 1.29 is 14.5 Å². The molecule has 30 heavy (non-hydrogen) atoms. The van der Waals surface area contributed by atoms with Crippen molar-refractivity contribution in [2.75, 3.05) is 6.54 Å². The molecule has 1 saturated heterocycles. The van der Waals surface area contributed by atoms with Gasteiger partial charge in [0.1, 0.15) is 5.57 Å². The highest BCUT2D eigenvalue weighted by Crippen LogP contribution is 2.27. The number of nitro groups is 1. The van der Waals surface area contributed by atoms with Crippen LogP contribution in [0.15, 0.2) is 42.5 Å². The molecule has 0 saturated carbocycles. The number of thiocarbonyl (C=S) groups is 1. The molecular formula is C21H20N4O4S. The average molecular weight is 424 g/mol. The smallest absolute Gasteiger partial charge is 0.269 e. The van der Waals surface area contributed by atoms with Gasteiger partial charge in [0.25, 0.3) is 17.5 Å². The third-order valence-electron chi connectivity index (χ3n) is 4.90. The summed E-state index contributed by atoms with van der Waals surface area (Å²) in [5.41, 5.74) is 3.86. The van der Waals surface area contributed by atoms with E-state index < -0.39 is 16.7 Å². The van der Waals surface area contributed by atoms with Crippen molar-refractivity contribution in [3.8, 4) is 5.69 Å². The summed E-state index contributed by atoms with van der Waals surface area (Å²) in [7, 11) is 0. The Bertz CT molecular complexity index is 1150. The largest absolute Gasteiger partial charge is 0.318 e. The summed E-state index contributed by atoms with van der Waals surface area (Å²) in [6.07, 6.45) is 3.07. The average Bonchev–Trinajstić information content (AvgIpc) is 2.95. The Hall–Kier alpha value is -3.59. The number of nitro benzene ring substituents is 1. The van der Waals surface area contributed by atoms with Gasteiger partial charge in [-0.2, -0.15) is 0 Å². The number of nitrogens with one attached hydrogen (secondary N) is 1. The summed E-state index contributed by atoms with van der Waals surface area (Å²) < 4.78 is 1.93. The number of aromatic nitrogens is 1. The fourth-order valence-electron chi connectivity index (χ4n) is 3.45. The van der Waals surface area contributed by atoms with Crippen molar-refractivity contribution in [3.05, 3.63) is 75.1 Å². The van der Waals surface area contributed by atoms with E-state index in [2.05, 4.69) is 11.9 Å². The van der Waals surface area contributed by atoms with E-state index in [1.54, 1.807) is 13.0 Å². The summed E-state index contributed by atoms with van der Waals surface area (Å²) in [5, 5.41) is 13.6. The van der Waals surface area contributed by atoms with Crippen LogP contribution in [0.25, 0.3) is 11.8 Å². The van der Waals surface area contributed by atoms with Crippen LogP contribution in [0, 0.1) is 30.9 Å². The normalized spacial score (nSPS) is 15.5. The lowest BCUT2D eigenvalue weighted by molar-refractivity contribution is -0.384. The molecule has 0 atom stereocenters. The van der Waals surface area contributed by atoms with Crippen LogP contribution in [0.2, 0.25) is 0 Å². The first-order valence-corrected chi connectivity index (χ1v) is 9.50. The topological polar surface area (TPSA) is 97.5 Å². The molecule has 2 aromatic rings. The predicted molar refractivity (Wildman–Crippen MR) is 117 cm³/mol. The molecule has 0 aliphatic carbocycles. The second kappa shape index (κ2) is 8.03. The Morgan fingerprint density at radius 3 is 2.53 bits per heavy atom. The summed E-state index contributed by atoms with van der Waals surface area (Å²) in [6.45, 7) is 9.34. The number of hydrogen-bond donors (Lipinski definition) is 1. The number of rotatable bonds is 5. The number of nitrogens with zero attached hydrogens (tertiary/aromatic N) is 3. The van der Waals surface area contributed by atoms with E-state index in [-0.39, 0.29) is 22.9 Å². The van der Waals surface area contributed by atoms with Gasteiger partial charge in [0.15, 0.2) is 5.11 Å². The molecule has 1 fully saturated rings. The lowest BCUT2D eigenvalue weighted by atomic mass is 10.1. The Balaban J connectivity index is 2.07. The maximum absolute atomic E-state index is 12.8. The molecule has 9 heteroatoms. The Labute approximate surface area is 178 Å². The minimum atomic E-state index is -0.554. The highest BCUT2D eigenvalue weighted by molar-refractivity contribution is 7.80. The van der Waals surface area contributed by atoms with Crippen LogP contribution in [0.1, 0.15) is 22.5 Å². The van der Waals surface area contributed by atoms with Gasteiger partial charge in [-0.1, -0.05) is 6.08 Å². The van der Waals surface area contributed by atoms with Crippen LogP contribution in [0.4, 0.5) is 5.69 Å². The van der Waals surface area contributed by atoms with E-state index in [1.165, 1.54) is 29.2 Å². The lowest BCUT2D eigenvalue weighted by Crippen LogP contribution is -2.53. The first-order valence-electron chi connectivity index (χ1n) is 9.09. The molecule has 2 amide bonds. The Morgan fingerprint density at radius 2 is 1.93 bits per heavy atom. The van der Waals surface area contributed by atoms with Crippen LogP contribution >= 0.6 is 12.2 Å². The summed E-state index contributed by atoms with van der Waals surface area (Å²) in [5.74, 6) is -1.04. The zero-order valence-corrected chi connectivity index (χ0v) is 17.6. The van der Waals surface area contributed by atoms with Gasteiger partial charge >= 0.3 is 0 Å². The molecular weight excluding hydrogens is 404 g/mol. The first kappa shape index (κ1) is 21.1. The highest BCUT2D eigenvalue weighted by atomic mass is 32.1. The fraction of sp³-hybridized carbons (Fsp3) is 0.190. The minimum absolute atomic E-state index is 0.0174. The fourth-order valence-corrected chi connectivity index (χ4v) is 3.70. The highest BCUT2D eigenvalue weighted by Gasteiger charge is 2.33. The first-order chi connectivity index (χ1) is 14.1. The molecule has 2 heterocycles. The quantitative estimate of drug-likeness (QED) is 0.199. The molecule has 1 aromatic heterocycles. The molecule has 0 bridgehead atoms. The number of hydrogen-bond acceptors (Lipinski definition) is 5. The molecule has 0 spiro atoms. The molecule has 0 unspecified atom stereocenters. The molecule has 1 aliphatic heterocycles. The third-order valence-corrected chi connectivity index (χ3v) is 5.22. The van der Waals surface area contributed by atoms with Crippen LogP contribution in [-0.2, 0) is 9.59 Å². The van der Waals surface area contributed by atoms with Crippen molar-refractivity contribution in [1.82, 2.24) is 14.8 Å². The summed E-state index contributed by atoms with van der Waals surface area (Å²) in [4.78, 5) is 37.0. The van der Waals surface area contributed by atoms with Gasteiger partial charge in [-0.05, 0) is 62.3 Å². The lowest BCUT2D eigenvalue weighted by Gasteiger charge is -2.27. The SMILES string of the molecule is C=CCN1C(=O)/C(=C\c2cc(C)n(-c3ccc([N+](=O)[O-])cc3C)c2C)C(=O)NC1=S. The second-order valence-corrected chi connectivity index (χ2v) is 7.30. The van der Waals surface area contributed by atoms with Gasteiger partial charge in [-0.25, -0.2) is 0 Å². The maximum Gasteiger partial charge on any atom is 0.269 e. The summed E-state index contributed by atoms with van der Waals surface area (Å²) in [6, 6.07) is 6.51. The minimum Gasteiger partial charge on any atom is -0.318 e. The van der Waals surface area contributed by atoms with Crippen LogP contribution in [-0.4, -0.2) is 37.9 Å². The maximum atomic E-state index is 12.8. The van der Waals surface area contributed by atoms with Crippen LogP contribution in [0.5, 0.6) is 0 Å². The number of carbonyl (C=O) groups excluding carboxylic acids is 2. The molecule has 3 rings (SSSR count). The zero-order valence-electron chi connectivity index (χ0n) is 16.8. The zero-order chi connectivity index (χ0) is 22.2. The second-order valence-electron chi connectivity index (χ2n) is 6.91. The van der Waals surface area contributed by atoms with Crippen LogP contribution in [0.3, 0.4) is 0 Å². The van der Waals surface area contributed by atoms with Crippen molar-refractivity contribution in [1.29, 1.82) is 0 Å². The van der Waals surface area contributed by atoms with E-state index in [1.807, 2.05) is 24.5 Å². The predicted octanol–water partition coefficient (Wildman–Crippen LogP) is 3.12. The Kier molecular flexibility index (Phi) is 5.66. The van der Waals surface area contributed by atoms with Gasteiger partial charge in [-0.3, -0.25) is 29.9 Å². The number of carbonyl (C=O) groups is 2. The summed E-state index contributed by atoms with van der Waals surface area (Å²) >= 11 is 5.07. The monoisotopic (exact) mass is 424 g/mol. The number of aryl methyl sites for hydroxylation is 2. The van der Waals surface area contributed by atoms with E-state index in [0.717, 1.165) is 22.6 Å². The Morgan fingerprint density at radius 1 is 1.23 bits per heavy atom. The number of non-ortho nitro benzene ring substituents is 1. The van der Waals surface area contributed by atoms with E-state index >= 15 is 0 Å². The molecule has 1 N–H and O–H groups in total. The van der Waals surface area contributed by atoms with Crippen LogP contribution < -0.4 is 5.32 Å². The van der Waals surface area contributed by atoms with E-state index in [9.17, 15) is 19.7 Å². The molecule has 8 nitrogen and oxygen atoms in total. The van der Waals surface area contributed by atoms with Crippen molar-refractivity contribution >= 4 is 40.9 Å². The molecule has 1 aliphatic rings. The molecule has 154 valence electrons. The van der Waals surface area contributed by atoms with Gasteiger partial charge in [0.05, 0.1) is 4.92 Å². The molecule has 1 aromatic carbocycles. The standard InChI is InChI=1S/C21H20N4O4S/c1-5-8-23-20(27)17(19(26)22-21(23)30)11-15-10-13(3)24(14(15)4)18-7-6-16(25(28)29)9-12(18)2/h5-7,9-11H,1,8H2,2-4H3,(H,22,26,30)/b17-11-. The van der Waals surface area contributed by atoms with Crippen molar-refractivity contribution in [3.63, 3.8) is 0 Å². The van der Waals surface area contributed by atoms with Gasteiger partial charge in [-0.15, -0.1) is 6.58 Å². The number of benzene rings is 1. The van der Waals surface area contributed by atoms with Gasteiger partial charge in [0.2, 0.25) is 0 Å². The molecule has 0 radical (unpaired) electrons. The third kappa shape index (κ3) is 3.67. The van der Waals surface area contributed by atoms with Crippen molar-refractivity contribution in [2.24, 2.45) is 0 Å². The van der Waals surface area contributed by atoms with E-state index in [0.29, 0.717) is 5.56 Å². The van der Waals surface area contributed by atoms with Crippen molar-refractivity contribution in [2.45, 2.75) is 20.8 Å². The van der Waals surface area contributed by atoms with E-state index in [4.69, 9.17) is 12.2 Å². The van der Waals surface area contributed by atoms with Gasteiger partial charge in [0, 0.05) is 35.8 Å². The number of amides is 2.